The summed E-state index contributed by atoms with van der Waals surface area (Å²) in [4.78, 5) is 0. The molecule has 2 aromatic rings. The van der Waals surface area contributed by atoms with Crippen LogP contribution in [-0.2, 0) is 7.05 Å². The Morgan fingerprint density at radius 2 is 2.18 bits per heavy atom. The first-order valence-electron chi connectivity index (χ1n) is 3.66. The highest BCUT2D eigenvalue weighted by Gasteiger charge is 1.99. The highest BCUT2D eigenvalue weighted by Crippen LogP contribution is 2.15. The van der Waals surface area contributed by atoms with Crippen molar-refractivity contribution in [1.29, 1.82) is 0 Å². The van der Waals surface area contributed by atoms with Crippen LogP contribution in [0.1, 0.15) is 5.56 Å². The molecule has 56 valence electrons. The van der Waals surface area contributed by atoms with Crippen LogP contribution in [0.15, 0.2) is 24.4 Å². The predicted molar refractivity (Wildman–Crippen MR) is 45.5 cm³/mol. The van der Waals surface area contributed by atoms with Gasteiger partial charge in [0.15, 0.2) is 0 Å². The molecule has 2 nitrogen and oxygen atoms in total. The van der Waals surface area contributed by atoms with E-state index in [1.807, 2.05) is 17.9 Å². The van der Waals surface area contributed by atoms with Gasteiger partial charge in [-0.3, -0.25) is 4.68 Å². The van der Waals surface area contributed by atoms with Gasteiger partial charge in [0.2, 0.25) is 0 Å². The summed E-state index contributed by atoms with van der Waals surface area (Å²) in [7, 11) is 1.96. The highest BCUT2D eigenvalue weighted by molar-refractivity contribution is 5.81. The predicted octanol–water partition coefficient (Wildman–Crippen LogP) is 1.88. The number of aromatic nitrogens is 2. The minimum absolute atomic E-state index is 1.20. The summed E-state index contributed by atoms with van der Waals surface area (Å²) in [6, 6.07) is 6.23. The van der Waals surface area contributed by atoms with Crippen molar-refractivity contribution in [3.63, 3.8) is 0 Å². The maximum absolute atomic E-state index is 4.17. The van der Waals surface area contributed by atoms with Crippen LogP contribution in [0.3, 0.4) is 0 Å². The molecule has 0 radical (unpaired) electrons. The van der Waals surface area contributed by atoms with E-state index in [0.717, 1.165) is 0 Å². The molecule has 0 saturated heterocycles. The first-order chi connectivity index (χ1) is 5.29. The molecule has 0 fully saturated rings. The average Bonchev–Trinajstić information content (AvgIpc) is 2.35. The monoisotopic (exact) mass is 146 g/mol. The lowest BCUT2D eigenvalue weighted by molar-refractivity contribution is 0.797. The molecule has 0 aliphatic carbocycles. The second-order valence-corrected chi connectivity index (χ2v) is 2.78. The zero-order valence-electron chi connectivity index (χ0n) is 6.70. The molecule has 0 amide bonds. The molecule has 0 atom stereocenters. The van der Waals surface area contributed by atoms with Crippen LogP contribution in [0.2, 0.25) is 0 Å². The van der Waals surface area contributed by atoms with E-state index >= 15 is 0 Å². The van der Waals surface area contributed by atoms with Crippen LogP contribution in [0.5, 0.6) is 0 Å². The first kappa shape index (κ1) is 6.40. The van der Waals surface area contributed by atoms with Gasteiger partial charge < -0.3 is 0 Å². The number of rotatable bonds is 0. The molecule has 11 heavy (non-hydrogen) atoms. The van der Waals surface area contributed by atoms with Crippen LogP contribution in [-0.4, -0.2) is 9.78 Å². The van der Waals surface area contributed by atoms with E-state index < -0.39 is 0 Å². The van der Waals surface area contributed by atoms with Gasteiger partial charge >= 0.3 is 0 Å². The van der Waals surface area contributed by atoms with Crippen molar-refractivity contribution in [2.75, 3.05) is 0 Å². The van der Waals surface area contributed by atoms with E-state index in [0.29, 0.717) is 0 Å². The Bertz CT molecular complexity index is 387. The van der Waals surface area contributed by atoms with Crippen molar-refractivity contribution in [3.05, 3.63) is 30.0 Å². The summed E-state index contributed by atoms with van der Waals surface area (Å²) >= 11 is 0. The summed E-state index contributed by atoms with van der Waals surface area (Å²) in [5.41, 5.74) is 2.49. The molecule has 0 spiro atoms. The van der Waals surface area contributed by atoms with Gasteiger partial charge in [-0.15, -0.1) is 0 Å². The van der Waals surface area contributed by atoms with E-state index in [4.69, 9.17) is 0 Å². The Morgan fingerprint density at radius 1 is 1.36 bits per heavy atom. The number of hydrogen-bond acceptors (Lipinski definition) is 1. The molecule has 0 bridgehead atoms. The molecule has 2 rings (SSSR count). The summed E-state index contributed by atoms with van der Waals surface area (Å²) < 4.78 is 1.89. The maximum atomic E-state index is 4.17. The van der Waals surface area contributed by atoms with Crippen LogP contribution >= 0.6 is 0 Å². The number of benzene rings is 1. The fraction of sp³-hybridized carbons (Fsp3) is 0.222. The normalized spacial score (nSPS) is 10.7. The molecule has 1 heterocycles. The van der Waals surface area contributed by atoms with E-state index in [1.165, 1.54) is 16.5 Å². The van der Waals surface area contributed by atoms with Gasteiger partial charge in [-0.05, 0) is 18.6 Å². The Labute approximate surface area is 65.5 Å². The Kier molecular flexibility index (Phi) is 1.22. The highest BCUT2D eigenvalue weighted by atomic mass is 15.2. The van der Waals surface area contributed by atoms with Gasteiger partial charge in [-0.25, -0.2) is 0 Å². The molecule has 0 N–H and O–H groups in total. The standard InChI is InChI=1S/C9H10N2/c1-7-4-3-5-9-8(7)6-10-11(9)2/h3-6H,1-2H3. The fourth-order valence-electron chi connectivity index (χ4n) is 1.32. The molecular formula is C9H10N2. The van der Waals surface area contributed by atoms with Gasteiger partial charge in [-0.1, -0.05) is 12.1 Å². The zero-order valence-corrected chi connectivity index (χ0v) is 6.70. The third-order valence-electron chi connectivity index (χ3n) is 2.01. The van der Waals surface area contributed by atoms with Crippen molar-refractivity contribution in [3.8, 4) is 0 Å². The topological polar surface area (TPSA) is 17.8 Å². The van der Waals surface area contributed by atoms with E-state index in [-0.39, 0.29) is 0 Å². The molecule has 0 unspecified atom stereocenters. The third-order valence-corrected chi connectivity index (χ3v) is 2.01. The van der Waals surface area contributed by atoms with Gasteiger partial charge in [0.05, 0.1) is 11.7 Å². The van der Waals surface area contributed by atoms with Crippen molar-refractivity contribution in [2.24, 2.45) is 7.05 Å². The van der Waals surface area contributed by atoms with E-state index in [1.54, 1.807) is 0 Å². The van der Waals surface area contributed by atoms with Crippen molar-refractivity contribution in [1.82, 2.24) is 9.78 Å². The van der Waals surface area contributed by atoms with Crippen molar-refractivity contribution >= 4 is 10.9 Å². The Hall–Kier alpha value is -1.31. The Balaban J connectivity index is 2.94. The van der Waals surface area contributed by atoms with Gasteiger partial charge in [0, 0.05) is 12.4 Å². The molecule has 1 aromatic carbocycles. The van der Waals surface area contributed by atoms with E-state index in [9.17, 15) is 0 Å². The SMILES string of the molecule is Cc1cccc2c1cnn2C. The number of hydrogen-bond donors (Lipinski definition) is 0. The quantitative estimate of drug-likeness (QED) is 0.555. The van der Waals surface area contributed by atoms with Crippen LogP contribution in [0.25, 0.3) is 10.9 Å². The van der Waals surface area contributed by atoms with Gasteiger partial charge in [-0.2, -0.15) is 5.10 Å². The summed E-state index contributed by atoms with van der Waals surface area (Å²) in [5, 5.41) is 5.42. The molecule has 0 aliphatic heterocycles. The van der Waals surface area contributed by atoms with Crippen molar-refractivity contribution < 1.29 is 0 Å². The first-order valence-corrected chi connectivity index (χ1v) is 3.66. The lowest BCUT2D eigenvalue weighted by atomic mass is 10.1. The maximum Gasteiger partial charge on any atom is 0.0681 e. The minimum Gasteiger partial charge on any atom is -0.268 e. The lowest BCUT2D eigenvalue weighted by Crippen LogP contribution is -1.87. The van der Waals surface area contributed by atoms with E-state index in [2.05, 4.69) is 30.2 Å². The second-order valence-electron chi connectivity index (χ2n) is 2.78. The zero-order chi connectivity index (χ0) is 7.84. The van der Waals surface area contributed by atoms with Crippen LogP contribution in [0.4, 0.5) is 0 Å². The molecule has 2 heteroatoms. The summed E-state index contributed by atoms with van der Waals surface area (Å²) in [6.07, 6.45) is 1.91. The number of fused-ring (bicyclic) bond motifs is 1. The molecule has 0 aliphatic rings. The Morgan fingerprint density at radius 3 is 2.91 bits per heavy atom. The third kappa shape index (κ3) is 0.827. The number of aryl methyl sites for hydroxylation is 2. The van der Waals surface area contributed by atoms with Gasteiger partial charge in [0.1, 0.15) is 0 Å². The fourth-order valence-corrected chi connectivity index (χ4v) is 1.32. The summed E-state index contributed by atoms with van der Waals surface area (Å²) in [5.74, 6) is 0. The largest absolute Gasteiger partial charge is 0.268 e. The minimum atomic E-state index is 1.20. The van der Waals surface area contributed by atoms with Crippen molar-refractivity contribution in [2.45, 2.75) is 6.92 Å². The smallest absolute Gasteiger partial charge is 0.0681 e. The average molecular weight is 146 g/mol. The lowest BCUT2D eigenvalue weighted by Gasteiger charge is -1.94. The molecule has 1 aromatic heterocycles. The van der Waals surface area contributed by atoms with Crippen LogP contribution < -0.4 is 0 Å². The summed E-state index contributed by atoms with van der Waals surface area (Å²) in [6.45, 7) is 2.10. The molecular weight excluding hydrogens is 136 g/mol. The van der Waals surface area contributed by atoms with Gasteiger partial charge in [0.25, 0.3) is 0 Å². The number of nitrogens with zero attached hydrogens (tertiary/aromatic N) is 2. The van der Waals surface area contributed by atoms with Crippen LogP contribution in [0, 0.1) is 6.92 Å². The molecule has 0 saturated carbocycles. The second kappa shape index (κ2) is 2.09.